The monoisotopic (exact) mass is 355 g/mol. The summed E-state index contributed by atoms with van der Waals surface area (Å²) >= 11 is 5.98. The van der Waals surface area contributed by atoms with Crippen LogP contribution in [-0.4, -0.2) is 50.1 Å². The summed E-state index contributed by atoms with van der Waals surface area (Å²) in [6, 6.07) is 0.394. The standard InChI is InChI=1S/C10H12ClN5O.C5H10O2/c11-8-7-5-13-9(12)15-16(7)10(14-8)17-6-3-1-2-4-6;6-5-2-1-3-7-4-5/h5-6H,1-4H2,(H2,12,15);5-6H,1-4H2. The molecule has 9 heteroatoms. The Balaban J connectivity index is 0.000000203. The van der Waals surface area contributed by atoms with Gasteiger partial charge in [-0.2, -0.15) is 9.50 Å². The highest BCUT2D eigenvalue weighted by Crippen LogP contribution is 2.26. The Bertz CT molecular complexity index is 668. The largest absolute Gasteiger partial charge is 0.460 e. The first-order valence-corrected chi connectivity index (χ1v) is 8.60. The number of nitrogen functional groups attached to an aromatic ring is 1. The normalized spacial score (nSPS) is 21.5. The molecule has 2 fully saturated rings. The number of ether oxygens (including phenoxy) is 2. The van der Waals surface area contributed by atoms with Gasteiger partial charge in [0.15, 0.2) is 5.15 Å². The van der Waals surface area contributed by atoms with Crippen LogP contribution in [0.5, 0.6) is 6.01 Å². The van der Waals surface area contributed by atoms with Crippen molar-refractivity contribution >= 4 is 23.1 Å². The summed E-state index contributed by atoms with van der Waals surface area (Å²) in [6.45, 7) is 1.37. The van der Waals surface area contributed by atoms with Crippen LogP contribution >= 0.6 is 11.6 Å². The minimum absolute atomic E-state index is 0.169. The topological polar surface area (TPSA) is 108 Å². The highest BCUT2D eigenvalue weighted by Gasteiger charge is 2.20. The summed E-state index contributed by atoms with van der Waals surface area (Å²) in [5.41, 5.74) is 6.15. The molecule has 0 amide bonds. The Morgan fingerprint density at radius 3 is 2.71 bits per heavy atom. The molecule has 8 nitrogen and oxygen atoms in total. The zero-order valence-electron chi connectivity index (χ0n) is 13.4. The molecule has 3 N–H and O–H groups in total. The van der Waals surface area contributed by atoms with Gasteiger partial charge < -0.3 is 20.3 Å². The molecule has 2 aliphatic rings. The molecule has 0 spiro atoms. The van der Waals surface area contributed by atoms with Gasteiger partial charge in [-0.25, -0.2) is 4.98 Å². The van der Waals surface area contributed by atoms with Crippen molar-refractivity contribution in [2.75, 3.05) is 18.9 Å². The molecule has 1 atom stereocenters. The van der Waals surface area contributed by atoms with Crippen LogP contribution in [0.15, 0.2) is 6.20 Å². The maximum absolute atomic E-state index is 8.78. The molecule has 1 aliphatic carbocycles. The number of nitrogens with zero attached hydrogens (tertiary/aromatic N) is 4. The fourth-order valence-corrected chi connectivity index (χ4v) is 3.00. The van der Waals surface area contributed by atoms with Gasteiger partial charge in [0.25, 0.3) is 0 Å². The molecule has 0 aromatic carbocycles. The smallest absolute Gasteiger partial charge is 0.320 e. The number of aliphatic hydroxyl groups is 1. The van der Waals surface area contributed by atoms with Crippen molar-refractivity contribution in [3.05, 3.63) is 11.3 Å². The summed E-state index contributed by atoms with van der Waals surface area (Å²) in [6.07, 6.45) is 7.97. The lowest BCUT2D eigenvalue weighted by Crippen LogP contribution is -2.21. The number of imidazole rings is 1. The van der Waals surface area contributed by atoms with E-state index in [0.717, 1.165) is 32.3 Å². The lowest BCUT2D eigenvalue weighted by molar-refractivity contribution is -0.00535. The second kappa shape index (κ2) is 7.96. The number of aromatic nitrogens is 4. The first-order valence-electron chi connectivity index (χ1n) is 8.22. The summed E-state index contributed by atoms with van der Waals surface area (Å²) in [5, 5.41) is 13.2. The molecule has 2 aromatic rings. The van der Waals surface area contributed by atoms with E-state index in [1.54, 1.807) is 6.20 Å². The molecule has 0 bridgehead atoms. The molecule has 132 valence electrons. The quantitative estimate of drug-likeness (QED) is 0.846. The number of anilines is 1. The number of aliphatic hydroxyl groups excluding tert-OH is 1. The van der Waals surface area contributed by atoms with Crippen molar-refractivity contribution in [2.24, 2.45) is 0 Å². The molecule has 2 aromatic heterocycles. The van der Waals surface area contributed by atoms with E-state index in [2.05, 4.69) is 15.1 Å². The number of nitrogens with two attached hydrogens (primary N) is 1. The molecular formula is C15H22ClN5O3. The van der Waals surface area contributed by atoms with Crippen LogP contribution in [0.3, 0.4) is 0 Å². The van der Waals surface area contributed by atoms with E-state index in [1.165, 1.54) is 17.4 Å². The van der Waals surface area contributed by atoms with E-state index in [4.69, 9.17) is 31.9 Å². The fourth-order valence-electron chi connectivity index (χ4n) is 2.79. The SMILES string of the molecule is Nc1ncc2c(Cl)nc(OC3CCCC3)n2n1.OC1CCCOC1. The third-order valence-electron chi connectivity index (χ3n) is 4.05. The highest BCUT2D eigenvalue weighted by molar-refractivity contribution is 6.32. The predicted octanol–water partition coefficient (Wildman–Crippen LogP) is 1.84. The van der Waals surface area contributed by atoms with Crippen LogP contribution in [0.25, 0.3) is 5.52 Å². The van der Waals surface area contributed by atoms with E-state index in [9.17, 15) is 0 Å². The zero-order chi connectivity index (χ0) is 16.9. The Hall–Kier alpha value is -1.64. The third-order valence-corrected chi connectivity index (χ3v) is 4.32. The fraction of sp³-hybridized carbons (Fsp3) is 0.667. The van der Waals surface area contributed by atoms with Gasteiger partial charge in [-0.3, -0.25) is 0 Å². The second-order valence-electron chi connectivity index (χ2n) is 5.99. The van der Waals surface area contributed by atoms with Gasteiger partial charge in [-0.05, 0) is 38.5 Å². The van der Waals surface area contributed by atoms with Crippen LogP contribution in [0.1, 0.15) is 38.5 Å². The highest BCUT2D eigenvalue weighted by atomic mass is 35.5. The van der Waals surface area contributed by atoms with Crippen molar-refractivity contribution in [1.29, 1.82) is 0 Å². The molecule has 3 heterocycles. The summed E-state index contributed by atoms with van der Waals surface area (Å²) in [7, 11) is 0. The van der Waals surface area contributed by atoms with Crippen LogP contribution in [0.2, 0.25) is 5.15 Å². The van der Waals surface area contributed by atoms with Crippen LogP contribution in [0.4, 0.5) is 5.95 Å². The number of rotatable bonds is 2. The van der Waals surface area contributed by atoms with E-state index in [-0.39, 0.29) is 18.2 Å². The van der Waals surface area contributed by atoms with Crippen LogP contribution < -0.4 is 10.5 Å². The third kappa shape index (κ3) is 4.25. The number of fused-ring (bicyclic) bond motifs is 1. The zero-order valence-corrected chi connectivity index (χ0v) is 14.2. The maximum Gasteiger partial charge on any atom is 0.320 e. The minimum atomic E-state index is -0.186. The first kappa shape index (κ1) is 17.2. The average molecular weight is 356 g/mol. The molecule has 4 rings (SSSR count). The Kier molecular flexibility index (Phi) is 5.70. The van der Waals surface area contributed by atoms with Crippen molar-refractivity contribution in [2.45, 2.75) is 50.7 Å². The van der Waals surface area contributed by atoms with Crippen molar-refractivity contribution in [3.8, 4) is 6.01 Å². The molecule has 1 saturated heterocycles. The molecule has 0 radical (unpaired) electrons. The van der Waals surface area contributed by atoms with Gasteiger partial charge in [0, 0.05) is 6.61 Å². The number of halogens is 1. The molecule has 1 saturated carbocycles. The van der Waals surface area contributed by atoms with Gasteiger partial charge >= 0.3 is 6.01 Å². The Labute approximate surface area is 144 Å². The molecular weight excluding hydrogens is 334 g/mol. The van der Waals surface area contributed by atoms with Gasteiger partial charge in [-0.1, -0.05) is 11.6 Å². The average Bonchev–Trinajstić information content (AvgIpc) is 3.18. The molecule has 24 heavy (non-hydrogen) atoms. The number of hydrogen-bond acceptors (Lipinski definition) is 7. The van der Waals surface area contributed by atoms with Gasteiger partial charge in [0.2, 0.25) is 5.95 Å². The van der Waals surface area contributed by atoms with E-state index in [1.807, 2.05) is 0 Å². The first-order chi connectivity index (χ1) is 11.6. The Morgan fingerprint density at radius 2 is 2.08 bits per heavy atom. The number of hydrogen-bond donors (Lipinski definition) is 2. The molecule has 1 unspecified atom stereocenters. The lowest BCUT2D eigenvalue weighted by Gasteiger charge is -2.15. The van der Waals surface area contributed by atoms with Gasteiger partial charge in [0.05, 0.1) is 18.9 Å². The second-order valence-corrected chi connectivity index (χ2v) is 6.35. The van der Waals surface area contributed by atoms with Crippen LogP contribution in [-0.2, 0) is 4.74 Å². The van der Waals surface area contributed by atoms with E-state index in [0.29, 0.717) is 23.3 Å². The lowest BCUT2D eigenvalue weighted by atomic mass is 10.2. The Morgan fingerprint density at radius 1 is 1.29 bits per heavy atom. The van der Waals surface area contributed by atoms with Crippen LogP contribution in [0, 0.1) is 0 Å². The maximum atomic E-state index is 8.78. The van der Waals surface area contributed by atoms with Gasteiger partial charge in [-0.15, -0.1) is 5.10 Å². The summed E-state index contributed by atoms with van der Waals surface area (Å²) < 4.78 is 12.2. The predicted molar refractivity (Wildman–Crippen MR) is 89.1 cm³/mol. The van der Waals surface area contributed by atoms with Crippen molar-refractivity contribution in [3.63, 3.8) is 0 Å². The minimum Gasteiger partial charge on any atom is -0.460 e. The van der Waals surface area contributed by atoms with E-state index < -0.39 is 0 Å². The summed E-state index contributed by atoms with van der Waals surface area (Å²) in [4.78, 5) is 8.02. The van der Waals surface area contributed by atoms with E-state index >= 15 is 0 Å². The van der Waals surface area contributed by atoms with Gasteiger partial charge in [0.1, 0.15) is 11.6 Å². The van der Waals surface area contributed by atoms with Crippen molar-refractivity contribution < 1.29 is 14.6 Å². The molecule has 1 aliphatic heterocycles. The van der Waals surface area contributed by atoms with Crippen molar-refractivity contribution in [1.82, 2.24) is 19.6 Å². The summed E-state index contributed by atoms with van der Waals surface area (Å²) in [5.74, 6) is 0.169.